The maximum atomic E-state index is 13.5. The van der Waals surface area contributed by atoms with Crippen LogP contribution < -0.4 is 0 Å². The number of halogens is 2. The highest BCUT2D eigenvalue weighted by Crippen LogP contribution is 2.21. The summed E-state index contributed by atoms with van der Waals surface area (Å²) < 4.78 is 21.4. The molecule has 1 amide bonds. The second-order valence-corrected chi connectivity index (χ2v) is 4.89. The zero-order valence-corrected chi connectivity index (χ0v) is 11.3. The quantitative estimate of drug-likeness (QED) is 0.913. The lowest BCUT2D eigenvalue weighted by Gasteiger charge is -2.13. The molecular formula is C10H13BrFN3O3. The van der Waals surface area contributed by atoms with E-state index in [1.165, 1.54) is 0 Å². The van der Waals surface area contributed by atoms with E-state index in [0.29, 0.717) is 0 Å². The van der Waals surface area contributed by atoms with Gasteiger partial charge in [0.15, 0.2) is 0 Å². The molecule has 0 saturated carbocycles. The molecule has 1 saturated heterocycles. The van der Waals surface area contributed by atoms with Crippen LogP contribution in [0.1, 0.15) is 5.56 Å². The minimum Gasteiger partial charge on any atom is -0.465 e. The van der Waals surface area contributed by atoms with Gasteiger partial charge in [-0.05, 0) is 15.9 Å². The summed E-state index contributed by atoms with van der Waals surface area (Å²) in [5.41, 5.74) is 0.804. The van der Waals surface area contributed by atoms with Crippen LogP contribution in [0.15, 0.2) is 10.8 Å². The van der Waals surface area contributed by atoms with E-state index in [2.05, 4.69) is 21.0 Å². The van der Waals surface area contributed by atoms with Crippen molar-refractivity contribution in [1.82, 2.24) is 14.7 Å². The maximum Gasteiger partial charge on any atom is 0.407 e. The van der Waals surface area contributed by atoms with Crippen molar-refractivity contribution in [2.75, 3.05) is 13.1 Å². The van der Waals surface area contributed by atoms with E-state index >= 15 is 0 Å². The first-order chi connectivity index (χ1) is 8.49. The Bertz CT molecular complexity index is 454. The first kappa shape index (κ1) is 13.3. The van der Waals surface area contributed by atoms with Crippen molar-refractivity contribution in [1.29, 1.82) is 0 Å². The summed E-state index contributed by atoms with van der Waals surface area (Å²) in [5, 5.41) is 12.8. The summed E-state index contributed by atoms with van der Waals surface area (Å²) in [6, 6.07) is 0. The van der Waals surface area contributed by atoms with E-state index in [1.54, 1.807) is 17.9 Å². The average molecular weight is 322 g/mol. The molecule has 6 nitrogen and oxygen atoms in total. The van der Waals surface area contributed by atoms with E-state index in [0.717, 1.165) is 15.1 Å². The predicted molar refractivity (Wildman–Crippen MR) is 64.0 cm³/mol. The van der Waals surface area contributed by atoms with Crippen molar-refractivity contribution in [2.45, 2.75) is 18.9 Å². The minimum atomic E-state index is -1.28. The number of likely N-dealkylation sites (tertiary alicyclic amines) is 1. The van der Waals surface area contributed by atoms with Gasteiger partial charge in [-0.25, -0.2) is 9.18 Å². The van der Waals surface area contributed by atoms with Crippen LogP contribution >= 0.6 is 15.9 Å². The summed E-state index contributed by atoms with van der Waals surface area (Å²) in [5.74, 6) is 0. The zero-order valence-electron chi connectivity index (χ0n) is 9.71. The maximum absolute atomic E-state index is 13.5. The SMILES string of the molecule is Cn1ncc(CO[C@@H]2CN(C(=O)O)C[C@@H]2F)c1Br. The number of ether oxygens (including phenoxy) is 1. The topological polar surface area (TPSA) is 67.6 Å². The fourth-order valence-corrected chi connectivity index (χ4v) is 2.12. The van der Waals surface area contributed by atoms with Gasteiger partial charge >= 0.3 is 6.09 Å². The summed E-state index contributed by atoms with van der Waals surface area (Å²) in [6.07, 6.45) is -1.49. The monoisotopic (exact) mass is 321 g/mol. The third kappa shape index (κ3) is 2.64. The van der Waals surface area contributed by atoms with E-state index in [1.807, 2.05) is 0 Å². The molecule has 1 fully saturated rings. The molecule has 0 aliphatic carbocycles. The third-order valence-electron chi connectivity index (χ3n) is 2.86. The lowest BCUT2D eigenvalue weighted by atomic mass is 10.3. The molecule has 1 N–H and O–H groups in total. The van der Waals surface area contributed by atoms with Crippen LogP contribution in [0.25, 0.3) is 0 Å². The number of aryl methyl sites for hydroxylation is 1. The number of aromatic nitrogens is 2. The standard InChI is InChI=1S/C10H13BrFN3O3/c1-14-9(11)6(2-13-14)5-18-8-4-15(10(16)17)3-7(8)12/h2,7-8H,3-5H2,1H3,(H,16,17)/t7-,8+/m0/s1. The molecule has 8 heteroatoms. The molecule has 0 aromatic carbocycles. The summed E-state index contributed by atoms with van der Waals surface area (Å²) in [4.78, 5) is 11.7. The van der Waals surface area contributed by atoms with Gasteiger partial charge in [0.05, 0.1) is 25.9 Å². The number of rotatable bonds is 3. The molecule has 2 rings (SSSR count). The number of nitrogens with zero attached hydrogens (tertiary/aromatic N) is 3. The lowest BCUT2D eigenvalue weighted by Crippen LogP contribution is -2.28. The van der Waals surface area contributed by atoms with E-state index in [9.17, 15) is 9.18 Å². The zero-order chi connectivity index (χ0) is 13.3. The number of alkyl halides is 1. The highest BCUT2D eigenvalue weighted by atomic mass is 79.9. The molecule has 1 aromatic rings. The largest absolute Gasteiger partial charge is 0.465 e. The Hall–Kier alpha value is -1.15. The van der Waals surface area contributed by atoms with Crippen LogP contribution in [-0.2, 0) is 18.4 Å². The molecule has 0 spiro atoms. The van der Waals surface area contributed by atoms with Crippen molar-refractivity contribution < 1.29 is 19.0 Å². The number of hydrogen-bond donors (Lipinski definition) is 1. The summed E-state index contributed by atoms with van der Waals surface area (Å²) in [7, 11) is 1.77. The molecule has 100 valence electrons. The molecule has 0 bridgehead atoms. The van der Waals surface area contributed by atoms with Crippen molar-refractivity contribution >= 4 is 22.0 Å². The highest BCUT2D eigenvalue weighted by Gasteiger charge is 2.36. The van der Waals surface area contributed by atoms with E-state index in [4.69, 9.17) is 9.84 Å². The summed E-state index contributed by atoms with van der Waals surface area (Å²) >= 11 is 3.33. The Kier molecular flexibility index (Phi) is 3.86. The normalized spacial score (nSPS) is 23.6. The fraction of sp³-hybridized carbons (Fsp3) is 0.600. The van der Waals surface area contributed by atoms with Gasteiger partial charge in [-0.15, -0.1) is 0 Å². The minimum absolute atomic E-state index is 0.0639. The Morgan fingerprint density at radius 2 is 2.44 bits per heavy atom. The number of hydrogen-bond acceptors (Lipinski definition) is 3. The van der Waals surface area contributed by atoms with Crippen LogP contribution in [0.2, 0.25) is 0 Å². The van der Waals surface area contributed by atoms with Gasteiger partial charge in [-0.1, -0.05) is 0 Å². The number of amides is 1. The van der Waals surface area contributed by atoms with Gasteiger partial charge in [0.1, 0.15) is 16.9 Å². The van der Waals surface area contributed by atoms with Crippen LogP contribution in [0.5, 0.6) is 0 Å². The van der Waals surface area contributed by atoms with Gasteiger partial charge in [0, 0.05) is 12.6 Å². The molecule has 1 aromatic heterocycles. The second-order valence-electron chi connectivity index (χ2n) is 4.14. The Balaban J connectivity index is 1.91. The fourth-order valence-electron chi connectivity index (χ4n) is 1.81. The lowest BCUT2D eigenvalue weighted by molar-refractivity contribution is 0.0115. The molecule has 1 aliphatic heterocycles. The van der Waals surface area contributed by atoms with Crippen LogP contribution in [0, 0.1) is 0 Å². The van der Waals surface area contributed by atoms with Crippen molar-refractivity contribution in [3.8, 4) is 0 Å². The van der Waals surface area contributed by atoms with Crippen LogP contribution in [-0.4, -0.2) is 51.2 Å². The highest BCUT2D eigenvalue weighted by molar-refractivity contribution is 9.10. The molecule has 0 unspecified atom stereocenters. The van der Waals surface area contributed by atoms with Gasteiger partial charge in [-0.2, -0.15) is 5.10 Å². The second kappa shape index (κ2) is 5.23. The van der Waals surface area contributed by atoms with Gasteiger partial charge < -0.3 is 14.7 Å². The molecule has 18 heavy (non-hydrogen) atoms. The molecule has 2 atom stereocenters. The Morgan fingerprint density at radius 3 is 2.94 bits per heavy atom. The van der Waals surface area contributed by atoms with Crippen molar-refractivity contribution in [2.24, 2.45) is 7.05 Å². The van der Waals surface area contributed by atoms with Crippen molar-refractivity contribution in [3.63, 3.8) is 0 Å². The van der Waals surface area contributed by atoms with Gasteiger partial charge in [0.25, 0.3) is 0 Å². The van der Waals surface area contributed by atoms with Gasteiger partial charge in [-0.3, -0.25) is 4.68 Å². The molecule has 2 heterocycles. The smallest absolute Gasteiger partial charge is 0.407 e. The Morgan fingerprint density at radius 1 is 1.72 bits per heavy atom. The number of carbonyl (C=O) groups is 1. The van der Waals surface area contributed by atoms with Crippen LogP contribution in [0.3, 0.4) is 0 Å². The molecule has 1 aliphatic rings. The summed E-state index contributed by atoms with van der Waals surface area (Å²) in [6.45, 7) is 0.134. The molecule has 0 radical (unpaired) electrons. The first-order valence-electron chi connectivity index (χ1n) is 5.39. The third-order valence-corrected chi connectivity index (χ3v) is 3.88. The Labute approximate surface area is 111 Å². The van der Waals surface area contributed by atoms with Gasteiger partial charge in [0.2, 0.25) is 0 Å². The van der Waals surface area contributed by atoms with E-state index < -0.39 is 18.4 Å². The predicted octanol–water partition coefficient (Wildman–Crippen LogP) is 1.40. The first-order valence-corrected chi connectivity index (χ1v) is 6.18. The molecular weight excluding hydrogens is 309 g/mol. The number of carboxylic acid groups (broad SMARTS) is 1. The van der Waals surface area contributed by atoms with E-state index in [-0.39, 0.29) is 19.7 Å². The van der Waals surface area contributed by atoms with Crippen molar-refractivity contribution in [3.05, 3.63) is 16.4 Å². The average Bonchev–Trinajstić information content (AvgIpc) is 2.83. The van der Waals surface area contributed by atoms with Crippen LogP contribution in [0.4, 0.5) is 9.18 Å².